The Labute approximate surface area is 278 Å². The summed E-state index contributed by atoms with van der Waals surface area (Å²) in [5.41, 5.74) is 12.4. The Morgan fingerprint density at radius 3 is 2.12 bits per heavy atom. The van der Waals surface area contributed by atoms with Crippen LogP contribution in [0, 0.1) is 0 Å². The number of furan rings is 1. The van der Waals surface area contributed by atoms with Gasteiger partial charge in [0.1, 0.15) is 5.76 Å². The average Bonchev–Trinajstić information content (AvgIpc) is 3.71. The third-order valence-electron chi connectivity index (χ3n) is 9.97. The summed E-state index contributed by atoms with van der Waals surface area (Å²) >= 11 is 0. The molecule has 1 atom stereocenters. The molecule has 0 spiro atoms. The molecule has 9 aromatic rings. The van der Waals surface area contributed by atoms with Crippen LogP contribution in [0.1, 0.15) is 29.2 Å². The Balaban J connectivity index is 1.20. The van der Waals surface area contributed by atoms with Crippen molar-refractivity contribution in [3.8, 4) is 28.1 Å². The second-order valence-electron chi connectivity index (χ2n) is 12.7. The van der Waals surface area contributed by atoms with E-state index in [2.05, 4.69) is 168 Å². The summed E-state index contributed by atoms with van der Waals surface area (Å²) in [5, 5.41) is 4.80. The molecule has 0 amide bonds. The highest BCUT2D eigenvalue weighted by molar-refractivity contribution is 6.11. The van der Waals surface area contributed by atoms with Gasteiger partial charge in [0.25, 0.3) is 0 Å². The molecule has 0 saturated carbocycles. The van der Waals surface area contributed by atoms with E-state index in [0.29, 0.717) is 0 Å². The molecule has 0 aliphatic heterocycles. The summed E-state index contributed by atoms with van der Waals surface area (Å²) in [5.74, 6) is 1.06. The fraction of sp³-hybridized carbons (Fsp3) is 0.0444. The van der Waals surface area contributed by atoms with Crippen LogP contribution < -0.4 is 0 Å². The van der Waals surface area contributed by atoms with Crippen LogP contribution in [0.25, 0.3) is 77.8 Å². The molecule has 1 unspecified atom stereocenters. The van der Waals surface area contributed by atoms with E-state index in [4.69, 9.17) is 9.40 Å². The Kier molecular flexibility index (Phi) is 6.00. The molecule has 48 heavy (non-hydrogen) atoms. The van der Waals surface area contributed by atoms with Gasteiger partial charge in [-0.25, -0.2) is 4.98 Å². The molecule has 0 fully saturated rings. The van der Waals surface area contributed by atoms with Crippen LogP contribution in [0.5, 0.6) is 0 Å². The van der Waals surface area contributed by atoms with Crippen LogP contribution in [0.3, 0.4) is 0 Å². The summed E-state index contributed by atoms with van der Waals surface area (Å²) in [6.07, 6.45) is 5.32. The number of para-hydroxylation sites is 3. The van der Waals surface area contributed by atoms with Crippen LogP contribution in [-0.4, -0.2) is 9.55 Å². The second kappa shape index (κ2) is 10.7. The highest BCUT2D eigenvalue weighted by Gasteiger charge is 2.29. The predicted molar refractivity (Wildman–Crippen MR) is 199 cm³/mol. The predicted octanol–water partition coefficient (Wildman–Crippen LogP) is 12.0. The van der Waals surface area contributed by atoms with E-state index in [1.807, 2.05) is 0 Å². The summed E-state index contributed by atoms with van der Waals surface area (Å²) in [7, 11) is 0. The zero-order chi connectivity index (χ0) is 31.6. The Bertz CT molecular complexity index is 2700. The van der Waals surface area contributed by atoms with Crippen LogP contribution >= 0.6 is 0 Å². The summed E-state index contributed by atoms with van der Waals surface area (Å²) in [6.45, 7) is 0. The van der Waals surface area contributed by atoms with Crippen molar-refractivity contribution >= 4 is 49.8 Å². The molecule has 1 aliphatic rings. The van der Waals surface area contributed by atoms with Gasteiger partial charge in [0, 0.05) is 38.6 Å². The van der Waals surface area contributed by atoms with Crippen LogP contribution in [0.4, 0.5) is 0 Å². The standard InChI is InChI=1S/C45H30N2O/c1-3-13-29(14-4-1)31-25-26-41-37(27-31)33-18-8-10-22-40(33)47(41)42-23-11-20-35-44-34(19-12-24-43(44)48-45(35)42)36-28-39(30-15-5-2-6-16-30)46-38-21-9-7-17-32(36)38/h1-18,20-28,34H,19H2. The topological polar surface area (TPSA) is 31.0 Å². The van der Waals surface area contributed by atoms with Gasteiger partial charge in [0.15, 0.2) is 5.58 Å². The van der Waals surface area contributed by atoms with Crippen molar-refractivity contribution in [2.24, 2.45) is 0 Å². The molecule has 0 radical (unpaired) electrons. The first-order chi connectivity index (χ1) is 23.8. The third-order valence-corrected chi connectivity index (χ3v) is 9.97. The molecule has 226 valence electrons. The average molecular weight is 615 g/mol. The smallest absolute Gasteiger partial charge is 0.159 e. The lowest BCUT2D eigenvalue weighted by Gasteiger charge is -2.22. The largest absolute Gasteiger partial charge is 0.454 e. The van der Waals surface area contributed by atoms with E-state index in [1.165, 1.54) is 43.9 Å². The lowest BCUT2D eigenvalue weighted by Crippen LogP contribution is -2.06. The van der Waals surface area contributed by atoms with Gasteiger partial charge in [-0.3, -0.25) is 0 Å². The SMILES string of the molecule is C1=Cc2oc3c(-n4c5ccccc5c5cc(-c6ccccc6)ccc54)cccc3c2C(c2cc(-c3ccccc3)nc3ccccc23)C1. The molecule has 3 nitrogen and oxygen atoms in total. The number of allylic oxidation sites excluding steroid dienone is 1. The molecular weight excluding hydrogens is 585 g/mol. The second-order valence-corrected chi connectivity index (χ2v) is 12.7. The maximum atomic E-state index is 6.89. The molecular formula is C45H30N2O. The van der Waals surface area contributed by atoms with E-state index in [-0.39, 0.29) is 5.92 Å². The van der Waals surface area contributed by atoms with Crippen molar-refractivity contribution in [1.82, 2.24) is 9.55 Å². The fourth-order valence-corrected chi connectivity index (χ4v) is 7.80. The molecule has 6 aromatic carbocycles. The van der Waals surface area contributed by atoms with E-state index in [9.17, 15) is 0 Å². The van der Waals surface area contributed by atoms with Gasteiger partial charge in [-0.2, -0.15) is 0 Å². The zero-order valence-electron chi connectivity index (χ0n) is 26.2. The number of benzene rings is 6. The highest BCUT2D eigenvalue weighted by Crippen LogP contribution is 2.46. The number of hydrogen-bond donors (Lipinski definition) is 0. The van der Waals surface area contributed by atoms with Crippen molar-refractivity contribution in [2.75, 3.05) is 0 Å². The van der Waals surface area contributed by atoms with Gasteiger partial charge in [-0.15, -0.1) is 0 Å². The summed E-state index contributed by atoms with van der Waals surface area (Å²) < 4.78 is 9.27. The molecule has 3 heteroatoms. The number of nitrogens with zero attached hydrogens (tertiary/aromatic N) is 2. The quantitative estimate of drug-likeness (QED) is 0.197. The normalized spacial score (nSPS) is 14.3. The minimum Gasteiger partial charge on any atom is -0.454 e. The number of fused-ring (bicyclic) bond motifs is 7. The lowest BCUT2D eigenvalue weighted by atomic mass is 9.82. The van der Waals surface area contributed by atoms with Gasteiger partial charge < -0.3 is 8.98 Å². The minimum absolute atomic E-state index is 0.128. The van der Waals surface area contributed by atoms with Crippen LogP contribution in [0.2, 0.25) is 0 Å². The maximum Gasteiger partial charge on any atom is 0.159 e. The fourth-order valence-electron chi connectivity index (χ4n) is 7.80. The number of hydrogen-bond acceptors (Lipinski definition) is 2. The Morgan fingerprint density at radius 2 is 1.27 bits per heavy atom. The minimum atomic E-state index is 0.128. The first-order valence-corrected chi connectivity index (χ1v) is 16.6. The van der Waals surface area contributed by atoms with Crippen molar-refractivity contribution in [3.63, 3.8) is 0 Å². The third kappa shape index (κ3) is 4.11. The zero-order valence-corrected chi connectivity index (χ0v) is 26.2. The van der Waals surface area contributed by atoms with Crippen molar-refractivity contribution < 1.29 is 4.42 Å². The van der Waals surface area contributed by atoms with E-state index in [1.54, 1.807) is 0 Å². The number of rotatable bonds is 4. The molecule has 3 heterocycles. The number of aromatic nitrogens is 2. The monoisotopic (exact) mass is 614 g/mol. The first-order valence-electron chi connectivity index (χ1n) is 16.6. The highest BCUT2D eigenvalue weighted by atomic mass is 16.3. The van der Waals surface area contributed by atoms with Gasteiger partial charge in [0.05, 0.1) is 27.9 Å². The summed E-state index contributed by atoms with van der Waals surface area (Å²) in [4.78, 5) is 5.09. The van der Waals surface area contributed by atoms with Crippen LogP contribution in [0.15, 0.2) is 162 Å². The molecule has 3 aromatic heterocycles. The van der Waals surface area contributed by atoms with Crippen molar-refractivity contribution in [1.29, 1.82) is 0 Å². The molecule has 0 N–H and O–H groups in total. The molecule has 10 rings (SSSR count). The van der Waals surface area contributed by atoms with Crippen molar-refractivity contribution in [2.45, 2.75) is 12.3 Å². The number of pyridine rings is 1. The van der Waals surface area contributed by atoms with Crippen molar-refractivity contribution in [3.05, 3.63) is 175 Å². The van der Waals surface area contributed by atoms with E-state index >= 15 is 0 Å². The Morgan fingerprint density at radius 1 is 0.562 bits per heavy atom. The van der Waals surface area contributed by atoms with Gasteiger partial charge in [0.2, 0.25) is 0 Å². The Hall–Kier alpha value is -6.19. The molecule has 1 aliphatic carbocycles. The molecule has 0 bridgehead atoms. The van der Waals surface area contributed by atoms with Gasteiger partial charge >= 0.3 is 0 Å². The summed E-state index contributed by atoms with van der Waals surface area (Å²) in [6, 6.07) is 54.1. The van der Waals surface area contributed by atoms with E-state index < -0.39 is 0 Å². The molecule has 0 saturated heterocycles. The van der Waals surface area contributed by atoms with Gasteiger partial charge in [-0.05, 0) is 65.6 Å². The van der Waals surface area contributed by atoms with Gasteiger partial charge in [-0.1, -0.05) is 121 Å². The van der Waals surface area contributed by atoms with E-state index in [0.717, 1.165) is 51.1 Å². The lowest BCUT2D eigenvalue weighted by molar-refractivity contribution is 0.588. The maximum absolute atomic E-state index is 6.89. The first kappa shape index (κ1) is 27.0. The van der Waals surface area contributed by atoms with Crippen LogP contribution in [-0.2, 0) is 0 Å².